The summed E-state index contributed by atoms with van der Waals surface area (Å²) in [5.74, 6) is -0.623. The first-order chi connectivity index (χ1) is 17.5. The van der Waals surface area contributed by atoms with Crippen LogP contribution in [-0.2, 0) is 15.1 Å². The minimum atomic E-state index is -1.28. The molecule has 0 aliphatic carbocycles. The van der Waals surface area contributed by atoms with Crippen molar-refractivity contribution in [3.8, 4) is 0 Å². The molecule has 0 saturated heterocycles. The maximum absolute atomic E-state index is 15.0. The van der Waals surface area contributed by atoms with Crippen LogP contribution < -0.4 is 11.2 Å². The summed E-state index contributed by atoms with van der Waals surface area (Å²) in [5, 5.41) is 0. The van der Waals surface area contributed by atoms with Gasteiger partial charge in [-0.05, 0) is 29.7 Å². The second-order valence-corrected chi connectivity index (χ2v) is 8.65. The van der Waals surface area contributed by atoms with Crippen LogP contribution in [-0.4, -0.2) is 22.3 Å². The van der Waals surface area contributed by atoms with Gasteiger partial charge in [0.15, 0.2) is 6.23 Å². The first kappa shape index (κ1) is 23.7. The Balaban J connectivity index is 1.51. The number of aromatic nitrogens is 2. The molecule has 0 radical (unpaired) electrons. The summed E-state index contributed by atoms with van der Waals surface area (Å²) in [6.07, 6.45) is 0.569. The zero-order valence-electron chi connectivity index (χ0n) is 19.6. The van der Waals surface area contributed by atoms with Crippen LogP contribution in [0, 0.1) is 6.92 Å². The van der Waals surface area contributed by atoms with E-state index in [1.165, 1.54) is 12.3 Å². The predicted molar refractivity (Wildman–Crippen MR) is 134 cm³/mol. The average molecular weight is 485 g/mol. The molecule has 182 valence electrons. The third-order valence-electron chi connectivity index (χ3n) is 6.29. The molecule has 0 unspecified atom stereocenters. The Labute approximate surface area is 207 Å². The van der Waals surface area contributed by atoms with Crippen molar-refractivity contribution < 1.29 is 13.9 Å². The van der Waals surface area contributed by atoms with Crippen LogP contribution in [0.3, 0.4) is 0 Å². The summed E-state index contributed by atoms with van der Waals surface area (Å²) in [5.41, 5.74) is 0.768. The molecule has 6 nitrogen and oxygen atoms in total. The van der Waals surface area contributed by atoms with Gasteiger partial charge in [0, 0.05) is 11.8 Å². The van der Waals surface area contributed by atoms with Gasteiger partial charge in [-0.3, -0.25) is 14.3 Å². The van der Waals surface area contributed by atoms with Crippen LogP contribution in [0.25, 0.3) is 0 Å². The average Bonchev–Trinajstić information content (AvgIpc) is 3.28. The van der Waals surface area contributed by atoms with E-state index in [0.29, 0.717) is 0 Å². The first-order valence-electron chi connectivity index (χ1n) is 11.6. The maximum Gasteiger partial charge on any atom is 0.330 e. The number of nitrogens with zero attached hydrogens (tertiary/aromatic N) is 1. The number of aryl methyl sites for hydroxylation is 1. The van der Waals surface area contributed by atoms with Crippen molar-refractivity contribution in [2.24, 2.45) is 0 Å². The van der Waals surface area contributed by atoms with Crippen molar-refractivity contribution in [3.63, 3.8) is 0 Å². The van der Waals surface area contributed by atoms with Gasteiger partial charge in [-0.25, -0.2) is 9.18 Å². The van der Waals surface area contributed by atoms with Gasteiger partial charge in [-0.1, -0.05) is 91.0 Å². The van der Waals surface area contributed by atoms with E-state index in [4.69, 9.17) is 9.47 Å². The molecule has 3 aromatic carbocycles. The van der Waals surface area contributed by atoms with Crippen LogP contribution in [0.4, 0.5) is 4.39 Å². The Morgan fingerprint density at radius 2 is 1.39 bits per heavy atom. The van der Waals surface area contributed by atoms with Crippen molar-refractivity contribution in [1.82, 2.24) is 9.55 Å². The number of nitrogens with one attached hydrogen (secondary N) is 1. The standard InChI is InChI=1S/C29H25FN2O4/c1-20-18-32(28(34)31-26(20)33)27-25(30)17-24(36-27)19-35-29(21-11-5-2-6-12-21,22-13-7-3-8-14-22)23-15-9-4-10-16-23/h2-18,24,27H,19H2,1H3,(H,31,33,34)/t24-,27+/m0/s1. The van der Waals surface area contributed by atoms with Crippen molar-refractivity contribution >= 4 is 0 Å². The lowest BCUT2D eigenvalue weighted by Gasteiger charge is -2.36. The van der Waals surface area contributed by atoms with Crippen LogP contribution in [0.5, 0.6) is 0 Å². The minimum absolute atomic E-state index is 0.0136. The lowest BCUT2D eigenvalue weighted by Crippen LogP contribution is -2.36. The van der Waals surface area contributed by atoms with Gasteiger partial charge >= 0.3 is 5.69 Å². The number of rotatable bonds is 7. The first-order valence-corrected chi connectivity index (χ1v) is 11.6. The fourth-order valence-electron chi connectivity index (χ4n) is 4.55. The van der Waals surface area contributed by atoms with E-state index in [2.05, 4.69) is 4.98 Å². The second kappa shape index (κ2) is 9.89. The number of hydrogen-bond acceptors (Lipinski definition) is 4. The van der Waals surface area contributed by atoms with E-state index in [0.717, 1.165) is 21.3 Å². The molecule has 0 bridgehead atoms. The Kier molecular flexibility index (Phi) is 6.50. The monoisotopic (exact) mass is 484 g/mol. The van der Waals surface area contributed by atoms with Gasteiger partial charge in [0.05, 0.1) is 6.61 Å². The zero-order chi connectivity index (χ0) is 25.1. The minimum Gasteiger partial charge on any atom is -0.358 e. The highest BCUT2D eigenvalue weighted by Crippen LogP contribution is 2.41. The number of benzene rings is 3. The molecule has 0 saturated carbocycles. The van der Waals surface area contributed by atoms with Crippen molar-refractivity contribution in [2.45, 2.75) is 24.9 Å². The number of H-pyrrole nitrogens is 1. The normalized spacial score (nSPS) is 17.7. The Morgan fingerprint density at radius 3 is 1.89 bits per heavy atom. The fraction of sp³-hybridized carbons (Fsp3) is 0.172. The quantitative estimate of drug-likeness (QED) is 0.389. The van der Waals surface area contributed by atoms with Gasteiger partial charge in [0.2, 0.25) is 0 Å². The van der Waals surface area contributed by atoms with E-state index in [9.17, 15) is 14.0 Å². The maximum atomic E-state index is 15.0. The lowest BCUT2D eigenvalue weighted by molar-refractivity contribution is -0.0731. The summed E-state index contributed by atoms with van der Waals surface area (Å²) >= 11 is 0. The lowest BCUT2D eigenvalue weighted by atomic mass is 9.80. The highest BCUT2D eigenvalue weighted by molar-refractivity contribution is 5.47. The zero-order valence-corrected chi connectivity index (χ0v) is 19.6. The van der Waals surface area contributed by atoms with E-state index < -0.39 is 35.0 Å². The van der Waals surface area contributed by atoms with Gasteiger partial charge in [0.1, 0.15) is 17.5 Å². The summed E-state index contributed by atoms with van der Waals surface area (Å²) in [6.45, 7) is 1.56. The van der Waals surface area contributed by atoms with Crippen LogP contribution in [0.1, 0.15) is 28.5 Å². The molecule has 1 aliphatic heterocycles. The molecule has 7 heteroatoms. The third kappa shape index (κ3) is 4.34. The molecular formula is C29H25FN2O4. The fourth-order valence-corrected chi connectivity index (χ4v) is 4.55. The predicted octanol–water partition coefficient (Wildman–Crippen LogP) is 4.60. The largest absolute Gasteiger partial charge is 0.358 e. The molecule has 36 heavy (non-hydrogen) atoms. The van der Waals surface area contributed by atoms with Crippen LogP contribution >= 0.6 is 0 Å². The van der Waals surface area contributed by atoms with Gasteiger partial charge in [-0.2, -0.15) is 0 Å². The highest BCUT2D eigenvalue weighted by atomic mass is 19.1. The Morgan fingerprint density at radius 1 is 0.889 bits per heavy atom. The molecule has 2 atom stereocenters. The molecule has 0 amide bonds. The molecule has 0 spiro atoms. The smallest absolute Gasteiger partial charge is 0.330 e. The number of aromatic amines is 1. The van der Waals surface area contributed by atoms with Gasteiger partial charge in [-0.15, -0.1) is 0 Å². The number of hydrogen-bond donors (Lipinski definition) is 1. The Hall–Kier alpha value is -4.07. The van der Waals surface area contributed by atoms with E-state index in [-0.39, 0.29) is 12.2 Å². The molecule has 1 N–H and O–H groups in total. The van der Waals surface area contributed by atoms with Crippen molar-refractivity contribution in [1.29, 1.82) is 0 Å². The van der Waals surface area contributed by atoms with Gasteiger partial charge in [0.25, 0.3) is 5.56 Å². The Bertz CT molecular complexity index is 1380. The third-order valence-corrected chi connectivity index (χ3v) is 6.29. The molecule has 0 fully saturated rings. The van der Waals surface area contributed by atoms with Crippen molar-refractivity contribution in [3.05, 3.63) is 152 Å². The number of halogens is 1. The second-order valence-electron chi connectivity index (χ2n) is 8.65. The van der Waals surface area contributed by atoms with Crippen molar-refractivity contribution in [2.75, 3.05) is 6.61 Å². The van der Waals surface area contributed by atoms with Crippen LogP contribution in [0.15, 0.2) is 119 Å². The van der Waals surface area contributed by atoms with E-state index >= 15 is 0 Å². The summed E-state index contributed by atoms with van der Waals surface area (Å²) < 4.78 is 28.6. The highest BCUT2D eigenvalue weighted by Gasteiger charge is 2.39. The summed E-state index contributed by atoms with van der Waals surface area (Å²) in [4.78, 5) is 26.2. The summed E-state index contributed by atoms with van der Waals surface area (Å²) in [6, 6.07) is 29.5. The van der Waals surface area contributed by atoms with Crippen LogP contribution in [0.2, 0.25) is 0 Å². The van der Waals surface area contributed by atoms with Gasteiger partial charge < -0.3 is 9.47 Å². The molecule has 5 rings (SSSR count). The van der Waals surface area contributed by atoms with E-state index in [1.54, 1.807) is 6.92 Å². The molecule has 2 heterocycles. The SMILES string of the molecule is Cc1cn([C@@H]2O[C@H](COC(c3ccccc3)(c3ccccc3)c3ccccc3)C=C2F)c(=O)[nH]c1=O. The molecule has 4 aromatic rings. The topological polar surface area (TPSA) is 73.3 Å². The van der Waals surface area contributed by atoms with E-state index in [1.807, 2.05) is 91.0 Å². The molecular weight excluding hydrogens is 459 g/mol. The molecule has 1 aliphatic rings. The number of ether oxygens (including phenoxy) is 2. The molecule has 1 aromatic heterocycles. The summed E-state index contributed by atoms with van der Waals surface area (Å²) in [7, 11) is 0.